The van der Waals surface area contributed by atoms with Crippen LogP contribution in [0, 0.1) is 0 Å². The number of benzene rings is 3. The number of carbonyl (C=O) groups is 2. The van der Waals surface area contributed by atoms with E-state index in [1.54, 1.807) is 62.0 Å². The van der Waals surface area contributed by atoms with E-state index in [-0.39, 0.29) is 11.8 Å². The van der Waals surface area contributed by atoms with Gasteiger partial charge in [-0.2, -0.15) is 0 Å². The largest absolute Gasteiger partial charge is 0.492 e. The van der Waals surface area contributed by atoms with Gasteiger partial charge in [0.15, 0.2) is 5.65 Å². The van der Waals surface area contributed by atoms with Crippen LogP contribution in [0.25, 0.3) is 43.9 Å². The summed E-state index contributed by atoms with van der Waals surface area (Å²) < 4.78 is 5.49. The number of rotatable bonds is 0. The second kappa shape index (κ2) is 32.2. The van der Waals surface area contributed by atoms with Gasteiger partial charge < -0.3 is 26.0 Å². The van der Waals surface area contributed by atoms with Gasteiger partial charge in [-0.1, -0.05) is 72.8 Å². The maximum absolute atomic E-state index is 11.2. The van der Waals surface area contributed by atoms with Gasteiger partial charge in [0.05, 0.1) is 28.3 Å². The van der Waals surface area contributed by atoms with E-state index >= 15 is 0 Å². The monoisotopic (exact) mass is 1110 g/mol. The average Bonchev–Trinajstić information content (AvgIpc) is 4.03. The number of fused-ring (bicyclic) bond motifs is 8. The Bertz CT molecular complexity index is 3290. The fourth-order valence-corrected chi connectivity index (χ4v) is 9.11. The van der Waals surface area contributed by atoms with Gasteiger partial charge >= 0.3 is 0 Å². The van der Waals surface area contributed by atoms with Crippen molar-refractivity contribution >= 4 is 55.7 Å². The predicted molar refractivity (Wildman–Crippen MR) is 331 cm³/mol. The smallest absolute Gasteiger partial charge is 0.270 e. The molecule has 0 atom stereocenters. The molecule has 0 fully saturated rings. The van der Waals surface area contributed by atoms with E-state index in [9.17, 15) is 9.59 Å². The normalized spacial score (nSPS) is 13.2. The van der Waals surface area contributed by atoms with Crippen LogP contribution in [0.2, 0.25) is 0 Å². The van der Waals surface area contributed by atoms with Crippen molar-refractivity contribution < 1.29 is 14.3 Å². The molecule has 16 nitrogen and oxygen atoms in total. The predicted octanol–water partition coefficient (Wildman–Crippen LogP) is 10.4. The summed E-state index contributed by atoms with van der Waals surface area (Å²) >= 11 is 0. The summed E-state index contributed by atoms with van der Waals surface area (Å²) in [5.74, 6) is 1.04. The van der Waals surface area contributed by atoms with Gasteiger partial charge in [0.1, 0.15) is 18.1 Å². The summed E-state index contributed by atoms with van der Waals surface area (Å²) in [5.41, 5.74) is 12.6. The van der Waals surface area contributed by atoms with E-state index in [2.05, 4.69) is 96.5 Å². The molecular weight excluding hydrogens is 1050 g/mol. The van der Waals surface area contributed by atoms with Crippen molar-refractivity contribution in [2.45, 2.75) is 32.2 Å². The number of aromatic nitrogens is 9. The number of pyridine rings is 9. The van der Waals surface area contributed by atoms with Crippen LogP contribution in [0.3, 0.4) is 0 Å². The number of amides is 2. The lowest BCUT2D eigenvalue weighted by Crippen LogP contribution is -2.32. The molecule has 9 aromatic heterocycles. The van der Waals surface area contributed by atoms with Crippen LogP contribution in [-0.4, -0.2) is 96.0 Å². The Hall–Kier alpha value is -10.3. The molecule has 84 heavy (non-hydrogen) atoms. The van der Waals surface area contributed by atoms with E-state index in [0.29, 0.717) is 5.69 Å². The highest BCUT2D eigenvalue weighted by atomic mass is 16.5. The molecule has 12 aromatic rings. The molecule has 4 aliphatic rings. The van der Waals surface area contributed by atoms with Crippen molar-refractivity contribution in [3.8, 4) is 5.75 Å². The van der Waals surface area contributed by atoms with Crippen molar-refractivity contribution in [3.05, 3.63) is 277 Å². The molecule has 4 N–H and O–H groups in total. The van der Waals surface area contributed by atoms with E-state index in [4.69, 9.17) is 4.74 Å². The van der Waals surface area contributed by atoms with E-state index < -0.39 is 0 Å². The first kappa shape index (κ1) is 58.4. The highest BCUT2D eigenvalue weighted by Gasteiger charge is 2.16. The average molecular weight is 1110 g/mol. The highest BCUT2D eigenvalue weighted by molar-refractivity contribution is 5.96. The zero-order chi connectivity index (χ0) is 57.6. The van der Waals surface area contributed by atoms with Crippen molar-refractivity contribution in [2.24, 2.45) is 0 Å². The number of nitrogens with zero attached hydrogens (tertiary/aromatic N) is 9. The van der Waals surface area contributed by atoms with Gasteiger partial charge in [0, 0.05) is 115 Å². The Morgan fingerprint density at radius 2 is 0.857 bits per heavy atom. The van der Waals surface area contributed by atoms with Gasteiger partial charge in [-0.05, 0) is 158 Å². The lowest BCUT2D eigenvalue weighted by molar-refractivity contribution is 0.0934. The SMILES string of the molecule is O=C1NCCc2ccccc21.O=C1NCCc2cccnc21.c1ccc2c(c1)CCNCC2.c1ccc2c(c1)CNCCO2.c1cnc2cccnc2c1.c1cnc2ccncc2c1.c1cnc2cnccc2c1.c1cnc2ncccc2c1. The van der Waals surface area contributed by atoms with Crippen LogP contribution in [-0.2, 0) is 32.2 Å². The topological polar surface area (TPSA) is 207 Å². The summed E-state index contributed by atoms with van der Waals surface area (Å²) in [5, 5.41) is 15.5. The minimum absolute atomic E-state index is 0.0492. The summed E-state index contributed by atoms with van der Waals surface area (Å²) in [4.78, 5) is 58.8. The molecule has 16 rings (SSSR count). The number of hydrogen-bond donors (Lipinski definition) is 4. The third-order valence-corrected chi connectivity index (χ3v) is 13.4. The van der Waals surface area contributed by atoms with Crippen LogP contribution in [0.15, 0.2) is 238 Å². The first-order valence-electron chi connectivity index (χ1n) is 27.9. The quantitative estimate of drug-likeness (QED) is 0.111. The molecule has 13 heterocycles. The fourth-order valence-electron chi connectivity index (χ4n) is 9.11. The Morgan fingerprint density at radius 1 is 0.345 bits per heavy atom. The van der Waals surface area contributed by atoms with Crippen LogP contribution < -0.4 is 26.0 Å². The third-order valence-electron chi connectivity index (χ3n) is 13.4. The van der Waals surface area contributed by atoms with Crippen LogP contribution in [0.1, 0.15) is 48.7 Å². The number of para-hydroxylation sites is 1. The molecule has 0 saturated heterocycles. The first-order valence-corrected chi connectivity index (χ1v) is 27.9. The zero-order valence-electron chi connectivity index (χ0n) is 46.5. The van der Waals surface area contributed by atoms with Crippen molar-refractivity contribution in [2.75, 3.05) is 39.3 Å². The second-order valence-corrected chi connectivity index (χ2v) is 19.1. The minimum Gasteiger partial charge on any atom is -0.492 e. The van der Waals surface area contributed by atoms with Gasteiger partial charge in [-0.15, -0.1) is 0 Å². The van der Waals surface area contributed by atoms with E-state index in [1.807, 2.05) is 146 Å². The molecule has 420 valence electrons. The van der Waals surface area contributed by atoms with Crippen molar-refractivity contribution in [3.63, 3.8) is 0 Å². The summed E-state index contributed by atoms with van der Waals surface area (Å²) in [7, 11) is 0. The summed E-state index contributed by atoms with van der Waals surface area (Å²) in [6.45, 7) is 6.42. The second-order valence-electron chi connectivity index (χ2n) is 19.1. The number of carbonyl (C=O) groups excluding carboxylic acids is 2. The van der Waals surface area contributed by atoms with Crippen LogP contribution in [0.4, 0.5) is 0 Å². The van der Waals surface area contributed by atoms with E-state index in [0.717, 1.165) is 125 Å². The molecule has 0 spiro atoms. The standard InChI is InChI=1S/C10H13N.C9H11NO.C9H9NO.C8H8N2O.4C8H6N2/c1-2-4-10-6-8-11-7-5-9(10)3-1;1-2-4-9-8(3-1)7-10-5-6-11-9;11-9-8-4-2-1-3-7(8)5-6-10-9;11-8-7-6(3-5-10-8)2-1-4-9-7;1-3-7-8(9-5-1)4-2-6-10-7;1-3-7-4-2-6-10-8(7)9-5-1;1-2-7-6-9-5-3-8(7)10-4-1;1-2-7-3-5-9-6-8(7)10-4-1/h1-4,11H,5-8H2;1-4,10H,5-7H2;1-4H,5-6H2,(H,10,11);1-2,4H,3,5H2,(H,10,11);4*1-6H. The van der Waals surface area contributed by atoms with Crippen LogP contribution in [0.5, 0.6) is 5.75 Å². The Labute approximate surface area is 488 Å². The van der Waals surface area contributed by atoms with Gasteiger partial charge in [0.2, 0.25) is 0 Å². The first-order chi connectivity index (χ1) is 41.6. The molecule has 0 saturated carbocycles. The van der Waals surface area contributed by atoms with Crippen molar-refractivity contribution in [1.82, 2.24) is 66.1 Å². The fraction of sp³-hybridized carbons (Fsp3) is 0.162. The zero-order valence-corrected chi connectivity index (χ0v) is 46.5. The summed E-state index contributed by atoms with van der Waals surface area (Å²) in [6.07, 6.45) is 23.5. The summed E-state index contributed by atoms with van der Waals surface area (Å²) in [6, 6.07) is 55.6. The van der Waals surface area contributed by atoms with Crippen LogP contribution >= 0.6 is 0 Å². The van der Waals surface area contributed by atoms with Gasteiger partial charge in [0.25, 0.3) is 11.8 Å². The molecule has 0 unspecified atom stereocenters. The molecular formula is C68H65N13O3. The molecule has 16 heteroatoms. The van der Waals surface area contributed by atoms with Crippen molar-refractivity contribution in [1.29, 1.82) is 0 Å². The number of ether oxygens (including phenoxy) is 1. The Kier molecular flexibility index (Phi) is 22.4. The molecule has 0 bridgehead atoms. The minimum atomic E-state index is -0.0492. The maximum atomic E-state index is 11.2. The molecule has 0 aliphatic carbocycles. The van der Waals surface area contributed by atoms with E-state index in [1.165, 1.54) is 29.5 Å². The maximum Gasteiger partial charge on any atom is 0.270 e. The number of nitrogens with one attached hydrogen (secondary N) is 4. The van der Waals surface area contributed by atoms with Gasteiger partial charge in [-0.3, -0.25) is 44.5 Å². The lowest BCUT2D eigenvalue weighted by Gasteiger charge is -2.15. The molecule has 0 radical (unpaired) electrons. The third kappa shape index (κ3) is 17.9. The molecule has 4 aliphatic heterocycles. The Balaban J connectivity index is 0.000000115. The van der Waals surface area contributed by atoms with Gasteiger partial charge in [-0.25, -0.2) is 9.97 Å². The molecule has 2 amide bonds. The number of hydrogen-bond acceptors (Lipinski definition) is 14. The Morgan fingerprint density at radius 3 is 1.52 bits per heavy atom. The highest BCUT2D eigenvalue weighted by Crippen LogP contribution is 2.19. The molecule has 3 aromatic carbocycles. The lowest BCUT2D eigenvalue weighted by atomic mass is 10.0.